The van der Waals surface area contributed by atoms with Crippen LogP contribution in [0.5, 0.6) is 5.75 Å². The number of allylic oxidation sites excluding steroid dienone is 2. The molecule has 0 saturated heterocycles. The van der Waals surface area contributed by atoms with Crippen molar-refractivity contribution in [2.24, 2.45) is 0 Å². The Hall–Kier alpha value is -1.39. The Kier molecular flexibility index (Phi) is 3.41. The van der Waals surface area contributed by atoms with Crippen LogP contribution in [0.25, 0.3) is 0 Å². The Labute approximate surface area is 114 Å². The number of phenolic OH excluding ortho intramolecular Hbond substituents is 1. The monoisotopic (exact) mass is 308 g/mol. The van der Waals surface area contributed by atoms with Crippen molar-refractivity contribution < 1.29 is 15.0 Å². The van der Waals surface area contributed by atoms with Crippen molar-refractivity contribution >= 4 is 21.7 Å². The highest BCUT2D eigenvalue weighted by Crippen LogP contribution is 2.32. The van der Waals surface area contributed by atoms with E-state index < -0.39 is 5.60 Å². The molecule has 2 rings (SSSR count). The van der Waals surface area contributed by atoms with Gasteiger partial charge in [0.1, 0.15) is 5.75 Å². The summed E-state index contributed by atoms with van der Waals surface area (Å²) in [6, 6.07) is 5.22. The Bertz CT molecular complexity index is 532. The standard InChI is InChI=1S/C14H13BrO3/c1-9(16)14(18)6-4-10(5-7-14)11-2-3-13(17)12(15)8-11/h2-8,10,17-18H,1H3. The van der Waals surface area contributed by atoms with Gasteiger partial charge < -0.3 is 10.2 Å². The first-order valence-corrected chi connectivity index (χ1v) is 6.32. The van der Waals surface area contributed by atoms with Gasteiger partial charge in [0.15, 0.2) is 11.4 Å². The van der Waals surface area contributed by atoms with Crippen molar-refractivity contribution in [2.45, 2.75) is 18.4 Å². The molecule has 1 aliphatic rings. The average Bonchev–Trinajstić information content (AvgIpc) is 2.34. The summed E-state index contributed by atoms with van der Waals surface area (Å²) in [5.41, 5.74) is -0.511. The molecule has 94 valence electrons. The van der Waals surface area contributed by atoms with E-state index in [2.05, 4.69) is 15.9 Å². The molecule has 0 amide bonds. The van der Waals surface area contributed by atoms with Crippen LogP contribution >= 0.6 is 15.9 Å². The molecule has 3 nitrogen and oxygen atoms in total. The number of aromatic hydroxyl groups is 1. The Morgan fingerprint density at radius 1 is 1.33 bits per heavy atom. The van der Waals surface area contributed by atoms with Crippen molar-refractivity contribution in [1.29, 1.82) is 0 Å². The third-order valence-corrected chi connectivity index (χ3v) is 3.67. The first-order valence-electron chi connectivity index (χ1n) is 5.53. The van der Waals surface area contributed by atoms with Crippen molar-refractivity contribution in [3.05, 3.63) is 52.5 Å². The molecule has 0 radical (unpaired) electrons. The van der Waals surface area contributed by atoms with Crippen molar-refractivity contribution in [3.63, 3.8) is 0 Å². The number of phenols is 1. The molecular formula is C14H13BrO3. The number of Topliss-reactive ketones (excluding diaryl/α,β-unsaturated/α-hetero) is 1. The molecule has 2 N–H and O–H groups in total. The summed E-state index contributed by atoms with van der Waals surface area (Å²) in [4.78, 5) is 11.3. The van der Waals surface area contributed by atoms with Gasteiger partial charge in [0.2, 0.25) is 0 Å². The lowest BCUT2D eigenvalue weighted by Crippen LogP contribution is -2.33. The lowest BCUT2D eigenvalue weighted by molar-refractivity contribution is -0.127. The predicted molar refractivity (Wildman–Crippen MR) is 72.5 cm³/mol. The fourth-order valence-corrected chi connectivity index (χ4v) is 2.20. The summed E-state index contributed by atoms with van der Waals surface area (Å²) in [5.74, 6) is -0.135. The first kappa shape index (κ1) is 13.1. The van der Waals surface area contributed by atoms with Crippen LogP contribution in [0.2, 0.25) is 0 Å². The summed E-state index contributed by atoms with van der Waals surface area (Å²) in [5, 5.41) is 19.4. The van der Waals surface area contributed by atoms with Gasteiger partial charge in [-0.25, -0.2) is 0 Å². The van der Waals surface area contributed by atoms with Gasteiger partial charge in [-0.05, 0) is 52.7 Å². The molecule has 0 heterocycles. The number of carbonyl (C=O) groups excluding carboxylic acids is 1. The first-order chi connectivity index (χ1) is 8.42. The largest absolute Gasteiger partial charge is 0.507 e. The van der Waals surface area contributed by atoms with Gasteiger partial charge in [0, 0.05) is 5.92 Å². The van der Waals surface area contributed by atoms with Crippen LogP contribution < -0.4 is 0 Å². The number of carbonyl (C=O) groups is 1. The molecule has 4 heteroatoms. The van der Waals surface area contributed by atoms with Crippen LogP contribution in [0.1, 0.15) is 18.4 Å². The van der Waals surface area contributed by atoms with Crippen molar-refractivity contribution in [2.75, 3.05) is 0 Å². The maximum Gasteiger partial charge on any atom is 0.169 e. The molecule has 0 atom stereocenters. The number of benzene rings is 1. The molecular weight excluding hydrogens is 296 g/mol. The van der Waals surface area contributed by atoms with Gasteiger partial charge in [-0.1, -0.05) is 18.2 Å². The highest BCUT2D eigenvalue weighted by atomic mass is 79.9. The Balaban J connectivity index is 2.26. The van der Waals surface area contributed by atoms with E-state index in [1.165, 1.54) is 19.1 Å². The number of halogens is 1. The predicted octanol–water partition coefficient (Wildman–Crippen LogP) is 2.68. The summed E-state index contributed by atoms with van der Waals surface area (Å²) in [6.07, 6.45) is 6.56. The summed E-state index contributed by atoms with van der Waals surface area (Å²) < 4.78 is 0.620. The van der Waals surface area contributed by atoms with E-state index in [0.717, 1.165) is 5.56 Å². The molecule has 0 aromatic heterocycles. The molecule has 1 aromatic carbocycles. The van der Waals surface area contributed by atoms with Gasteiger partial charge >= 0.3 is 0 Å². The Morgan fingerprint density at radius 2 is 1.94 bits per heavy atom. The highest BCUT2D eigenvalue weighted by molar-refractivity contribution is 9.10. The molecule has 0 fully saturated rings. The topological polar surface area (TPSA) is 57.5 Å². The number of hydrogen-bond acceptors (Lipinski definition) is 3. The number of hydrogen-bond donors (Lipinski definition) is 2. The van der Waals surface area contributed by atoms with Crippen LogP contribution in [-0.4, -0.2) is 21.6 Å². The van der Waals surface area contributed by atoms with E-state index in [1.807, 2.05) is 6.07 Å². The summed E-state index contributed by atoms with van der Waals surface area (Å²) in [6.45, 7) is 1.35. The molecule has 0 unspecified atom stereocenters. The molecule has 0 bridgehead atoms. The average molecular weight is 309 g/mol. The van der Waals surface area contributed by atoms with Gasteiger partial charge in [-0.2, -0.15) is 0 Å². The van der Waals surface area contributed by atoms with E-state index in [1.54, 1.807) is 24.3 Å². The third-order valence-electron chi connectivity index (χ3n) is 3.04. The normalized spacial score (nSPS) is 26.3. The molecule has 0 spiro atoms. The van der Waals surface area contributed by atoms with E-state index in [0.29, 0.717) is 4.47 Å². The van der Waals surface area contributed by atoms with E-state index in [9.17, 15) is 15.0 Å². The minimum Gasteiger partial charge on any atom is -0.507 e. The van der Waals surface area contributed by atoms with Crippen LogP contribution in [0, 0.1) is 0 Å². The van der Waals surface area contributed by atoms with E-state index >= 15 is 0 Å². The zero-order valence-corrected chi connectivity index (χ0v) is 11.4. The number of rotatable bonds is 2. The van der Waals surface area contributed by atoms with Crippen molar-refractivity contribution in [3.8, 4) is 5.75 Å². The Morgan fingerprint density at radius 3 is 2.44 bits per heavy atom. The lowest BCUT2D eigenvalue weighted by atomic mass is 9.86. The number of ketones is 1. The highest BCUT2D eigenvalue weighted by Gasteiger charge is 2.29. The van der Waals surface area contributed by atoms with Gasteiger partial charge in [0.05, 0.1) is 4.47 Å². The SMILES string of the molecule is CC(=O)C1(O)C=CC(c2ccc(O)c(Br)c2)C=C1. The number of aliphatic hydroxyl groups is 1. The smallest absolute Gasteiger partial charge is 0.169 e. The fraction of sp³-hybridized carbons (Fsp3) is 0.214. The second-order valence-electron chi connectivity index (χ2n) is 4.34. The van der Waals surface area contributed by atoms with Crippen LogP contribution in [0.4, 0.5) is 0 Å². The van der Waals surface area contributed by atoms with Crippen LogP contribution in [0.3, 0.4) is 0 Å². The minimum absolute atomic E-state index is 0.0125. The molecule has 1 aromatic rings. The summed E-state index contributed by atoms with van der Waals surface area (Å²) >= 11 is 3.26. The maximum absolute atomic E-state index is 11.3. The third kappa shape index (κ3) is 2.40. The van der Waals surface area contributed by atoms with Gasteiger partial charge in [-0.15, -0.1) is 0 Å². The van der Waals surface area contributed by atoms with E-state index in [4.69, 9.17) is 0 Å². The zero-order valence-electron chi connectivity index (χ0n) is 9.80. The molecule has 0 saturated carbocycles. The minimum atomic E-state index is -1.48. The molecule has 0 aliphatic heterocycles. The molecule has 1 aliphatic carbocycles. The van der Waals surface area contributed by atoms with Crippen LogP contribution in [-0.2, 0) is 4.79 Å². The second-order valence-corrected chi connectivity index (χ2v) is 5.19. The molecule has 18 heavy (non-hydrogen) atoms. The quantitative estimate of drug-likeness (QED) is 0.826. The van der Waals surface area contributed by atoms with Crippen LogP contribution in [0.15, 0.2) is 47.0 Å². The maximum atomic E-state index is 11.3. The van der Waals surface area contributed by atoms with Crippen molar-refractivity contribution in [1.82, 2.24) is 0 Å². The fourth-order valence-electron chi connectivity index (χ4n) is 1.81. The zero-order chi connectivity index (χ0) is 13.3. The summed E-state index contributed by atoms with van der Waals surface area (Å²) in [7, 11) is 0. The van der Waals surface area contributed by atoms with Gasteiger partial charge in [-0.3, -0.25) is 4.79 Å². The van der Waals surface area contributed by atoms with Gasteiger partial charge in [0.25, 0.3) is 0 Å². The second kappa shape index (κ2) is 4.71. The van der Waals surface area contributed by atoms with E-state index in [-0.39, 0.29) is 17.5 Å². The lowest BCUT2D eigenvalue weighted by Gasteiger charge is -2.23.